The summed E-state index contributed by atoms with van der Waals surface area (Å²) in [5.74, 6) is 1.74. The zero-order valence-electron chi connectivity index (χ0n) is 15.2. The van der Waals surface area contributed by atoms with Crippen LogP contribution >= 0.6 is 11.8 Å². The molecule has 1 amide bonds. The van der Waals surface area contributed by atoms with E-state index in [-0.39, 0.29) is 11.9 Å². The highest BCUT2D eigenvalue weighted by molar-refractivity contribution is 7.98. The Labute approximate surface area is 147 Å². The second-order valence-corrected chi connectivity index (χ2v) is 6.79. The number of aryl methyl sites for hydroxylation is 4. The minimum Gasteiger partial charge on any atom is -0.466 e. The van der Waals surface area contributed by atoms with Crippen molar-refractivity contribution in [2.45, 2.75) is 58.7 Å². The zero-order valence-corrected chi connectivity index (χ0v) is 16.0. The first-order valence-electron chi connectivity index (χ1n) is 8.06. The molecule has 24 heavy (non-hydrogen) atoms. The lowest BCUT2D eigenvalue weighted by molar-refractivity contribution is -0.121. The number of aromatic nitrogens is 2. The summed E-state index contributed by atoms with van der Waals surface area (Å²) < 4.78 is 5.53. The number of hydrogen-bond donors (Lipinski definition) is 1. The maximum Gasteiger partial charge on any atom is 0.220 e. The van der Waals surface area contributed by atoms with Crippen molar-refractivity contribution in [2.75, 3.05) is 6.26 Å². The molecule has 0 spiro atoms. The monoisotopic (exact) mass is 347 g/mol. The number of amides is 1. The highest BCUT2D eigenvalue weighted by Gasteiger charge is 2.16. The number of hydrogen-bond acceptors (Lipinski definition) is 5. The molecule has 0 bridgehead atoms. The molecule has 2 heterocycles. The van der Waals surface area contributed by atoms with Crippen LogP contribution in [-0.4, -0.2) is 22.1 Å². The smallest absolute Gasteiger partial charge is 0.220 e. The second-order valence-electron chi connectivity index (χ2n) is 6.02. The number of carbonyl (C=O) groups excluding carboxylic acids is 1. The summed E-state index contributed by atoms with van der Waals surface area (Å²) in [6.45, 7) is 9.75. The van der Waals surface area contributed by atoms with E-state index in [1.54, 1.807) is 0 Å². The van der Waals surface area contributed by atoms with Crippen LogP contribution in [0, 0.1) is 27.7 Å². The van der Waals surface area contributed by atoms with Crippen LogP contribution in [-0.2, 0) is 11.2 Å². The number of thioether (sulfide) groups is 1. The molecule has 0 saturated heterocycles. The highest BCUT2D eigenvalue weighted by Crippen LogP contribution is 2.21. The van der Waals surface area contributed by atoms with Crippen LogP contribution < -0.4 is 5.32 Å². The summed E-state index contributed by atoms with van der Waals surface area (Å²) in [5.41, 5.74) is 4.00. The van der Waals surface area contributed by atoms with Crippen LogP contribution in [0.3, 0.4) is 0 Å². The quantitative estimate of drug-likeness (QED) is 0.635. The summed E-state index contributed by atoms with van der Waals surface area (Å²) in [6.07, 6.45) is 3.03. The predicted molar refractivity (Wildman–Crippen MR) is 96.3 cm³/mol. The van der Waals surface area contributed by atoms with Crippen molar-refractivity contribution in [3.8, 4) is 0 Å². The SMILES string of the molecule is CSc1nc(C)c(CCC(=O)NC(C)c2cc(C)oc2C)c(C)n1. The number of nitrogens with zero attached hydrogens (tertiary/aromatic N) is 2. The maximum atomic E-state index is 12.3. The van der Waals surface area contributed by atoms with E-state index in [4.69, 9.17) is 4.42 Å². The van der Waals surface area contributed by atoms with Crippen molar-refractivity contribution >= 4 is 17.7 Å². The first-order valence-corrected chi connectivity index (χ1v) is 9.28. The van der Waals surface area contributed by atoms with Crippen molar-refractivity contribution in [3.05, 3.63) is 40.1 Å². The van der Waals surface area contributed by atoms with Crippen molar-refractivity contribution < 1.29 is 9.21 Å². The van der Waals surface area contributed by atoms with Crippen LogP contribution in [0.5, 0.6) is 0 Å². The Morgan fingerprint density at radius 1 is 1.25 bits per heavy atom. The Morgan fingerprint density at radius 2 is 1.88 bits per heavy atom. The van der Waals surface area contributed by atoms with Crippen LogP contribution in [0.1, 0.15) is 53.4 Å². The third-order valence-corrected chi connectivity index (χ3v) is 4.66. The van der Waals surface area contributed by atoms with Crippen LogP contribution in [0.15, 0.2) is 15.6 Å². The highest BCUT2D eigenvalue weighted by atomic mass is 32.2. The molecule has 0 aliphatic rings. The fourth-order valence-corrected chi connectivity index (χ4v) is 3.33. The summed E-state index contributed by atoms with van der Waals surface area (Å²) in [6, 6.07) is 1.91. The van der Waals surface area contributed by atoms with Gasteiger partial charge in [-0.05, 0) is 58.9 Å². The lowest BCUT2D eigenvalue weighted by Crippen LogP contribution is -2.27. The number of rotatable bonds is 6. The van der Waals surface area contributed by atoms with Crippen LogP contribution in [0.4, 0.5) is 0 Å². The zero-order chi connectivity index (χ0) is 17.9. The van der Waals surface area contributed by atoms with E-state index in [1.807, 2.05) is 46.9 Å². The predicted octanol–water partition coefficient (Wildman–Crippen LogP) is 3.84. The van der Waals surface area contributed by atoms with E-state index in [0.717, 1.165) is 39.2 Å². The Balaban J connectivity index is 1.97. The molecule has 0 aliphatic heterocycles. The molecule has 2 aromatic heterocycles. The van der Waals surface area contributed by atoms with Gasteiger partial charge >= 0.3 is 0 Å². The molecular formula is C18H25N3O2S. The van der Waals surface area contributed by atoms with Gasteiger partial charge in [-0.1, -0.05) is 11.8 Å². The molecule has 0 aromatic carbocycles. The van der Waals surface area contributed by atoms with E-state index >= 15 is 0 Å². The molecule has 1 unspecified atom stereocenters. The van der Waals surface area contributed by atoms with Crippen molar-refractivity contribution in [3.63, 3.8) is 0 Å². The molecule has 0 radical (unpaired) electrons. The molecule has 2 aromatic rings. The molecule has 2 rings (SSSR count). The molecule has 130 valence electrons. The van der Waals surface area contributed by atoms with E-state index in [9.17, 15) is 4.79 Å². The minimum atomic E-state index is -0.0627. The van der Waals surface area contributed by atoms with Gasteiger partial charge < -0.3 is 9.73 Å². The largest absolute Gasteiger partial charge is 0.466 e. The van der Waals surface area contributed by atoms with E-state index < -0.39 is 0 Å². The Hall–Kier alpha value is -1.82. The molecule has 0 fully saturated rings. The topological polar surface area (TPSA) is 68.0 Å². The molecule has 0 aliphatic carbocycles. The molecule has 1 N–H and O–H groups in total. The van der Waals surface area contributed by atoms with E-state index in [2.05, 4.69) is 15.3 Å². The number of carbonyl (C=O) groups is 1. The Bertz CT molecular complexity index is 717. The van der Waals surface area contributed by atoms with Gasteiger partial charge in [0.25, 0.3) is 0 Å². The van der Waals surface area contributed by atoms with Crippen molar-refractivity contribution in [2.24, 2.45) is 0 Å². The average molecular weight is 347 g/mol. The van der Waals surface area contributed by atoms with E-state index in [0.29, 0.717) is 12.8 Å². The molecular weight excluding hydrogens is 322 g/mol. The van der Waals surface area contributed by atoms with Gasteiger partial charge in [-0.25, -0.2) is 9.97 Å². The minimum absolute atomic E-state index is 0.0218. The molecule has 6 heteroatoms. The normalized spacial score (nSPS) is 12.2. The van der Waals surface area contributed by atoms with Crippen molar-refractivity contribution in [1.82, 2.24) is 15.3 Å². The lowest BCUT2D eigenvalue weighted by atomic mass is 10.1. The van der Waals surface area contributed by atoms with Gasteiger partial charge in [0, 0.05) is 23.4 Å². The standard InChI is InChI=1S/C18H25N3O2S/c1-10-9-16(14(5)23-10)13(4)19-17(22)8-7-15-11(2)20-18(24-6)21-12(15)3/h9,13H,7-8H2,1-6H3,(H,19,22). The van der Waals surface area contributed by atoms with Gasteiger partial charge in [0.15, 0.2) is 5.16 Å². The number of furan rings is 1. The Kier molecular flexibility index (Phi) is 6.04. The summed E-state index contributed by atoms with van der Waals surface area (Å²) in [5, 5.41) is 3.81. The van der Waals surface area contributed by atoms with Gasteiger partial charge in [0.2, 0.25) is 5.91 Å². The van der Waals surface area contributed by atoms with Gasteiger partial charge in [0.1, 0.15) is 11.5 Å². The summed E-state index contributed by atoms with van der Waals surface area (Å²) in [7, 11) is 0. The van der Waals surface area contributed by atoms with Crippen molar-refractivity contribution in [1.29, 1.82) is 0 Å². The van der Waals surface area contributed by atoms with Gasteiger partial charge in [-0.3, -0.25) is 4.79 Å². The maximum absolute atomic E-state index is 12.3. The average Bonchev–Trinajstić information content (AvgIpc) is 2.84. The van der Waals surface area contributed by atoms with Crippen LogP contribution in [0.25, 0.3) is 0 Å². The van der Waals surface area contributed by atoms with Gasteiger partial charge in [-0.2, -0.15) is 0 Å². The van der Waals surface area contributed by atoms with E-state index in [1.165, 1.54) is 11.8 Å². The Morgan fingerprint density at radius 3 is 2.38 bits per heavy atom. The molecule has 0 saturated carbocycles. The first kappa shape index (κ1) is 18.5. The molecule has 1 atom stereocenters. The third-order valence-electron chi connectivity index (χ3n) is 4.11. The molecule has 5 nitrogen and oxygen atoms in total. The first-order chi connectivity index (χ1) is 11.3. The van der Waals surface area contributed by atoms with Gasteiger partial charge in [-0.15, -0.1) is 0 Å². The fourth-order valence-electron chi connectivity index (χ4n) is 2.87. The summed E-state index contributed by atoms with van der Waals surface area (Å²) >= 11 is 1.53. The fraction of sp³-hybridized carbons (Fsp3) is 0.500. The third kappa shape index (κ3) is 4.38. The summed E-state index contributed by atoms with van der Waals surface area (Å²) in [4.78, 5) is 21.2. The van der Waals surface area contributed by atoms with Crippen LogP contribution in [0.2, 0.25) is 0 Å². The second kappa shape index (κ2) is 7.83. The number of nitrogens with one attached hydrogen (secondary N) is 1. The lowest BCUT2D eigenvalue weighted by Gasteiger charge is -2.14. The van der Waals surface area contributed by atoms with Gasteiger partial charge in [0.05, 0.1) is 6.04 Å².